The Hall–Kier alpha value is -4.62. The molecule has 7 nitrogen and oxygen atoms in total. The fourth-order valence-corrected chi connectivity index (χ4v) is 5.90. The molecule has 0 spiro atoms. The van der Waals surface area contributed by atoms with E-state index in [-0.39, 0.29) is 6.42 Å². The van der Waals surface area contributed by atoms with Gasteiger partial charge in [0, 0.05) is 33.0 Å². The van der Waals surface area contributed by atoms with Gasteiger partial charge >= 0.3 is 0 Å². The highest BCUT2D eigenvalue weighted by Crippen LogP contribution is 2.42. The molecule has 4 aromatic carbocycles. The fraction of sp³-hybridized carbons (Fsp3) is 0.133. The minimum Gasteiger partial charge on any atom is -0.321 e. The van der Waals surface area contributed by atoms with Gasteiger partial charge in [-0.25, -0.2) is 9.80 Å². The van der Waals surface area contributed by atoms with E-state index in [1.165, 1.54) is 6.08 Å². The molecule has 2 aliphatic rings. The second-order valence-electron chi connectivity index (χ2n) is 9.30. The zero-order valence-corrected chi connectivity index (χ0v) is 20.1. The third-order valence-electron chi connectivity index (χ3n) is 7.63. The third kappa shape index (κ3) is 2.80. The topological polar surface area (TPSA) is 101 Å². The smallest absolute Gasteiger partial charge is 0.263 e. The number of carbonyl (C=O) groups is 4. The van der Waals surface area contributed by atoms with Crippen molar-refractivity contribution in [3.05, 3.63) is 108 Å². The average molecular weight is 490 g/mol. The van der Waals surface area contributed by atoms with Crippen LogP contribution in [0.5, 0.6) is 0 Å². The van der Waals surface area contributed by atoms with Crippen molar-refractivity contribution < 1.29 is 19.2 Å². The van der Waals surface area contributed by atoms with Crippen LogP contribution < -0.4 is 5.73 Å². The number of carbonyl (C=O) groups excluding carboxylic acids is 4. The average Bonchev–Trinajstić information content (AvgIpc) is 2.93. The van der Waals surface area contributed by atoms with Gasteiger partial charge in [-0.05, 0) is 41.5 Å². The van der Waals surface area contributed by atoms with Crippen LogP contribution in [-0.2, 0) is 0 Å². The van der Waals surface area contributed by atoms with E-state index in [0.29, 0.717) is 33.0 Å². The van der Waals surface area contributed by atoms with Crippen molar-refractivity contribution in [2.24, 2.45) is 5.73 Å². The predicted molar refractivity (Wildman–Crippen MR) is 140 cm³/mol. The Labute approximate surface area is 212 Å². The maximum atomic E-state index is 14.1. The molecule has 0 aromatic heterocycles. The van der Waals surface area contributed by atoms with Gasteiger partial charge in [0.15, 0.2) is 5.66 Å². The number of rotatable bonds is 5. The highest BCUT2D eigenvalue weighted by Gasteiger charge is 2.57. The van der Waals surface area contributed by atoms with Crippen molar-refractivity contribution in [1.82, 2.24) is 9.80 Å². The number of benzene rings is 4. The number of hydrogen-bond donors (Lipinski definition) is 1. The Morgan fingerprint density at radius 1 is 0.703 bits per heavy atom. The van der Waals surface area contributed by atoms with Crippen molar-refractivity contribution in [2.75, 3.05) is 0 Å². The Bertz CT molecular complexity index is 1490. The van der Waals surface area contributed by atoms with Crippen LogP contribution >= 0.6 is 0 Å². The molecule has 4 amide bonds. The summed E-state index contributed by atoms with van der Waals surface area (Å²) in [6, 6.07) is 19.7. The third-order valence-corrected chi connectivity index (χ3v) is 7.63. The maximum absolute atomic E-state index is 14.1. The molecule has 1 unspecified atom stereocenters. The highest BCUT2D eigenvalue weighted by molar-refractivity contribution is 6.28. The predicted octanol–water partition coefficient (Wildman–Crippen LogP) is 4.50. The summed E-state index contributed by atoms with van der Waals surface area (Å²) in [6.45, 7) is 5.51. The normalized spacial score (nSPS) is 16.1. The molecule has 182 valence electrons. The van der Waals surface area contributed by atoms with Gasteiger partial charge in [0.2, 0.25) is 0 Å². The number of nitrogens with zero attached hydrogens (tertiary/aromatic N) is 2. The molecule has 7 heteroatoms. The molecule has 0 bridgehead atoms. The van der Waals surface area contributed by atoms with Crippen molar-refractivity contribution in [2.45, 2.75) is 25.0 Å². The lowest BCUT2D eigenvalue weighted by Crippen LogP contribution is -2.74. The standard InChI is InChI=1S/C30H23N3O4/c1-3-23(31)30(4-2,32-26(34)19-13-5-9-17-10-6-14-20(24(17)19)27(32)35)33-28(36)21-15-7-11-18-12-8-16-22(25(18)21)29(33)37/h3,5-16,23H,1,4,31H2,2H3. The quantitative estimate of drug-likeness (QED) is 0.329. The van der Waals surface area contributed by atoms with Crippen molar-refractivity contribution in [1.29, 1.82) is 0 Å². The molecular weight excluding hydrogens is 466 g/mol. The lowest BCUT2D eigenvalue weighted by molar-refractivity contribution is -0.0223. The minimum absolute atomic E-state index is 0.00539. The zero-order chi connectivity index (χ0) is 26.1. The molecule has 0 radical (unpaired) electrons. The first-order valence-corrected chi connectivity index (χ1v) is 12.1. The summed E-state index contributed by atoms with van der Waals surface area (Å²) in [5.74, 6) is -2.48. The summed E-state index contributed by atoms with van der Waals surface area (Å²) in [4.78, 5) is 58.4. The van der Waals surface area contributed by atoms with Crippen LogP contribution in [0.15, 0.2) is 85.5 Å². The van der Waals surface area contributed by atoms with E-state index in [9.17, 15) is 19.2 Å². The summed E-state index contributed by atoms with van der Waals surface area (Å²) in [5.41, 5.74) is 5.99. The molecule has 2 heterocycles. The Kier molecular flexibility index (Phi) is 4.90. The van der Waals surface area contributed by atoms with Gasteiger partial charge in [0.05, 0.1) is 6.04 Å². The van der Waals surface area contributed by atoms with Gasteiger partial charge in [-0.3, -0.25) is 19.2 Å². The van der Waals surface area contributed by atoms with E-state index in [1.54, 1.807) is 55.5 Å². The van der Waals surface area contributed by atoms with E-state index in [4.69, 9.17) is 5.73 Å². The SMILES string of the molecule is C=CC(N)C(CC)(N1C(=O)c2cccc3cccc(c23)C1=O)N1C(=O)c2cccc3cccc(c23)C1=O. The lowest BCUT2D eigenvalue weighted by Gasteiger charge is -2.52. The van der Waals surface area contributed by atoms with Gasteiger partial charge in [0.1, 0.15) is 0 Å². The molecule has 2 N–H and O–H groups in total. The second-order valence-corrected chi connectivity index (χ2v) is 9.30. The van der Waals surface area contributed by atoms with Crippen LogP contribution in [0.2, 0.25) is 0 Å². The van der Waals surface area contributed by atoms with Gasteiger partial charge in [-0.2, -0.15) is 0 Å². The molecular formula is C30H23N3O4. The van der Waals surface area contributed by atoms with Crippen molar-refractivity contribution >= 4 is 45.2 Å². The molecule has 0 saturated heterocycles. The number of amides is 4. The molecule has 4 aromatic rings. The first-order valence-electron chi connectivity index (χ1n) is 12.1. The summed E-state index contributed by atoms with van der Waals surface area (Å²) in [7, 11) is 0. The van der Waals surface area contributed by atoms with Crippen LogP contribution in [0.4, 0.5) is 0 Å². The number of imide groups is 2. The van der Waals surface area contributed by atoms with Crippen LogP contribution in [0.25, 0.3) is 21.5 Å². The molecule has 6 rings (SSSR count). The van der Waals surface area contributed by atoms with Crippen LogP contribution in [0, 0.1) is 0 Å². The van der Waals surface area contributed by atoms with E-state index < -0.39 is 35.3 Å². The molecule has 37 heavy (non-hydrogen) atoms. The molecule has 1 atom stereocenters. The summed E-state index contributed by atoms with van der Waals surface area (Å²) in [5, 5.41) is 2.58. The Balaban J connectivity index is 1.63. The summed E-state index contributed by atoms with van der Waals surface area (Å²) < 4.78 is 0. The summed E-state index contributed by atoms with van der Waals surface area (Å²) >= 11 is 0. The number of nitrogens with two attached hydrogens (primary N) is 1. The molecule has 2 aliphatic heterocycles. The minimum atomic E-state index is -1.84. The number of hydrogen-bond acceptors (Lipinski definition) is 5. The van der Waals surface area contributed by atoms with Crippen LogP contribution in [0.3, 0.4) is 0 Å². The van der Waals surface area contributed by atoms with E-state index in [2.05, 4.69) is 6.58 Å². The monoisotopic (exact) mass is 489 g/mol. The molecule has 0 saturated carbocycles. The van der Waals surface area contributed by atoms with Gasteiger partial charge in [-0.1, -0.05) is 61.5 Å². The van der Waals surface area contributed by atoms with Gasteiger partial charge in [-0.15, -0.1) is 6.58 Å². The zero-order valence-electron chi connectivity index (χ0n) is 20.1. The van der Waals surface area contributed by atoms with Crippen LogP contribution in [-0.4, -0.2) is 45.1 Å². The van der Waals surface area contributed by atoms with E-state index in [0.717, 1.165) is 20.6 Å². The second kappa shape index (κ2) is 7.94. The Morgan fingerprint density at radius 2 is 1.03 bits per heavy atom. The first kappa shape index (κ1) is 22.8. The fourth-order valence-electron chi connectivity index (χ4n) is 5.90. The largest absolute Gasteiger partial charge is 0.321 e. The van der Waals surface area contributed by atoms with E-state index >= 15 is 0 Å². The van der Waals surface area contributed by atoms with Gasteiger partial charge in [0.25, 0.3) is 23.6 Å². The van der Waals surface area contributed by atoms with Crippen LogP contribution in [0.1, 0.15) is 54.8 Å². The maximum Gasteiger partial charge on any atom is 0.263 e. The first-order chi connectivity index (χ1) is 17.9. The van der Waals surface area contributed by atoms with E-state index in [1.807, 2.05) is 24.3 Å². The summed E-state index contributed by atoms with van der Waals surface area (Å²) in [6.07, 6.45) is 1.37. The molecule has 0 aliphatic carbocycles. The van der Waals surface area contributed by atoms with Crippen molar-refractivity contribution in [3.63, 3.8) is 0 Å². The molecule has 0 fully saturated rings. The van der Waals surface area contributed by atoms with Crippen molar-refractivity contribution in [3.8, 4) is 0 Å². The van der Waals surface area contributed by atoms with Gasteiger partial charge < -0.3 is 5.73 Å². The highest BCUT2D eigenvalue weighted by atomic mass is 16.2. The Morgan fingerprint density at radius 3 is 1.30 bits per heavy atom. The lowest BCUT2D eigenvalue weighted by atomic mass is 9.84.